The summed E-state index contributed by atoms with van der Waals surface area (Å²) < 4.78 is 0. The van der Waals surface area contributed by atoms with E-state index in [1.807, 2.05) is 24.3 Å². The minimum Gasteiger partial charge on any atom is -0.350 e. The molecular weight excluding hydrogens is 326 g/mol. The van der Waals surface area contributed by atoms with Crippen LogP contribution < -0.4 is 5.32 Å². The van der Waals surface area contributed by atoms with Gasteiger partial charge in [0.1, 0.15) is 0 Å². The van der Waals surface area contributed by atoms with E-state index in [9.17, 15) is 4.79 Å². The van der Waals surface area contributed by atoms with E-state index in [0.717, 1.165) is 11.1 Å². The third-order valence-corrected chi connectivity index (χ3v) is 3.89. The van der Waals surface area contributed by atoms with Crippen molar-refractivity contribution in [1.29, 1.82) is 5.26 Å². The highest BCUT2D eigenvalue weighted by molar-refractivity contribution is 5.76. The van der Waals surface area contributed by atoms with Gasteiger partial charge in [-0.2, -0.15) is 5.26 Å². The van der Waals surface area contributed by atoms with Crippen LogP contribution in [-0.4, -0.2) is 20.9 Å². The quantitative estimate of drug-likeness (QED) is 0.743. The lowest BCUT2D eigenvalue weighted by Crippen LogP contribution is -2.24. The molecule has 6 nitrogen and oxygen atoms in total. The number of rotatable bonds is 6. The average Bonchev–Trinajstić information content (AvgIpc) is 2.72. The fourth-order valence-corrected chi connectivity index (χ4v) is 2.51. The highest BCUT2D eigenvalue weighted by atomic mass is 16.1. The fourth-order valence-electron chi connectivity index (χ4n) is 2.51. The number of amides is 1. The highest BCUT2D eigenvalue weighted by Crippen LogP contribution is 2.18. The largest absolute Gasteiger partial charge is 0.350 e. The molecule has 0 aliphatic carbocycles. The molecule has 128 valence electrons. The number of aromatic nitrogens is 3. The van der Waals surface area contributed by atoms with E-state index in [2.05, 4.69) is 26.3 Å². The zero-order chi connectivity index (χ0) is 18.2. The number of benzene rings is 1. The van der Waals surface area contributed by atoms with Gasteiger partial charge in [0.2, 0.25) is 5.91 Å². The Bertz CT molecular complexity index is 917. The minimum atomic E-state index is -0.0582. The maximum atomic E-state index is 12.1. The molecule has 0 spiro atoms. The van der Waals surface area contributed by atoms with Crippen molar-refractivity contribution in [3.63, 3.8) is 0 Å². The predicted octanol–water partition coefficient (Wildman–Crippen LogP) is 2.66. The second kappa shape index (κ2) is 8.49. The first-order valence-electron chi connectivity index (χ1n) is 8.22. The Morgan fingerprint density at radius 1 is 1.08 bits per heavy atom. The number of nitrogens with one attached hydrogen (secondary N) is 1. The summed E-state index contributed by atoms with van der Waals surface area (Å²) in [4.78, 5) is 24.9. The summed E-state index contributed by atoms with van der Waals surface area (Å²) in [7, 11) is 0. The van der Waals surface area contributed by atoms with Gasteiger partial charge in [-0.3, -0.25) is 19.7 Å². The van der Waals surface area contributed by atoms with Gasteiger partial charge in [0.25, 0.3) is 0 Å². The van der Waals surface area contributed by atoms with Gasteiger partial charge in [0, 0.05) is 36.8 Å². The van der Waals surface area contributed by atoms with Gasteiger partial charge in [-0.1, -0.05) is 12.1 Å². The van der Waals surface area contributed by atoms with E-state index < -0.39 is 0 Å². The predicted molar refractivity (Wildman–Crippen MR) is 96.6 cm³/mol. The molecule has 0 radical (unpaired) electrons. The van der Waals surface area contributed by atoms with Crippen molar-refractivity contribution in [3.8, 4) is 17.3 Å². The zero-order valence-electron chi connectivity index (χ0n) is 14.1. The Labute approximate surface area is 151 Å². The molecular formula is C20H17N5O. The number of hydrogen-bond acceptors (Lipinski definition) is 5. The van der Waals surface area contributed by atoms with Crippen LogP contribution in [0, 0.1) is 11.3 Å². The van der Waals surface area contributed by atoms with Crippen LogP contribution in [0.15, 0.2) is 61.2 Å². The van der Waals surface area contributed by atoms with Crippen LogP contribution in [0.2, 0.25) is 0 Å². The van der Waals surface area contributed by atoms with E-state index in [4.69, 9.17) is 5.26 Å². The third-order valence-electron chi connectivity index (χ3n) is 3.89. The lowest BCUT2D eigenvalue weighted by Gasteiger charge is -2.09. The van der Waals surface area contributed by atoms with Crippen LogP contribution in [0.1, 0.15) is 23.2 Å². The molecule has 0 fully saturated rings. The van der Waals surface area contributed by atoms with Crippen LogP contribution in [0.3, 0.4) is 0 Å². The molecule has 0 atom stereocenters. The molecule has 3 aromatic rings. The van der Waals surface area contributed by atoms with E-state index in [-0.39, 0.29) is 5.91 Å². The third kappa shape index (κ3) is 4.48. The maximum absolute atomic E-state index is 12.1. The molecule has 0 aliphatic heterocycles. The van der Waals surface area contributed by atoms with Crippen LogP contribution in [0.5, 0.6) is 0 Å². The van der Waals surface area contributed by atoms with Crippen molar-refractivity contribution in [2.75, 3.05) is 0 Å². The van der Waals surface area contributed by atoms with E-state index in [0.29, 0.717) is 36.3 Å². The van der Waals surface area contributed by atoms with Gasteiger partial charge < -0.3 is 5.32 Å². The monoisotopic (exact) mass is 343 g/mol. The number of pyridine rings is 1. The fraction of sp³-hybridized carbons (Fsp3) is 0.150. The lowest BCUT2D eigenvalue weighted by atomic mass is 10.1. The molecule has 0 aliphatic rings. The number of aryl methyl sites for hydroxylation is 1. The van der Waals surface area contributed by atoms with E-state index in [1.54, 1.807) is 36.9 Å². The van der Waals surface area contributed by atoms with Gasteiger partial charge in [-0.15, -0.1) is 0 Å². The first-order valence-corrected chi connectivity index (χ1v) is 8.22. The van der Waals surface area contributed by atoms with Crippen LogP contribution in [0.25, 0.3) is 11.3 Å². The number of carbonyl (C=O) groups excluding carboxylic acids is 1. The highest BCUT2D eigenvalue weighted by Gasteiger charge is 2.09. The van der Waals surface area contributed by atoms with Gasteiger partial charge in [0.05, 0.1) is 29.6 Å². The van der Waals surface area contributed by atoms with Crippen molar-refractivity contribution >= 4 is 5.91 Å². The number of hydrogen-bond donors (Lipinski definition) is 1. The van der Waals surface area contributed by atoms with Gasteiger partial charge in [-0.05, 0) is 36.2 Å². The van der Waals surface area contributed by atoms with Crippen molar-refractivity contribution in [1.82, 2.24) is 20.3 Å². The minimum absolute atomic E-state index is 0.0582. The molecule has 3 rings (SSSR count). The van der Waals surface area contributed by atoms with Crippen molar-refractivity contribution in [2.24, 2.45) is 0 Å². The first-order chi connectivity index (χ1) is 12.8. The van der Waals surface area contributed by atoms with Crippen molar-refractivity contribution < 1.29 is 4.79 Å². The molecule has 0 unspecified atom stereocenters. The summed E-state index contributed by atoms with van der Waals surface area (Å²) in [6, 6.07) is 13.1. The topological polar surface area (TPSA) is 91.6 Å². The second-order valence-electron chi connectivity index (χ2n) is 5.68. The Morgan fingerprint density at radius 2 is 1.88 bits per heavy atom. The molecule has 1 N–H and O–H groups in total. The SMILES string of the molecule is N#Cc1ccc(CCC(=O)NCc2nccnc2-c2cccnc2)cc1. The maximum Gasteiger partial charge on any atom is 0.220 e. The van der Waals surface area contributed by atoms with Crippen LogP contribution >= 0.6 is 0 Å². The molecule has 2 aromatic heterocycles. The number of nitriles is 1. The zero-order valence-corrected chi connectivity index (χ0v) is 14.1. The molecule has 26 heavy (non-hydrogen) atoms. The normalized spacial score (nSPS) is 10.1. The first kappa shape index (κ1) is 17.2. The summed E-state index contributed by atoms with van der Waals surface area (Å²) in [6.07, 6.45) is 7.64. The van der Waals surface area contributed by atoms with Gasteiger partial charge in [0.15, 0.2) is 0 Å². The Hall–Kier alpha value is -3.59. The molecule has 0 saturated heterocycles. The second-order valence-corrected chi connectivity index (χ2v) is 5.68. The molecule has 0 bridgehead atoms. The molecule has 1 amide bonds. The summed E-state index contributed by atoms with van der Waals surface area (Å²) in [5.41, 5.74) is 3.92. The van der Waals surface area contributed by atoms with Gasteiger partial charge >= 0.3 is 0 Å². The molecule has 1 aromatic carbocycles. The van der Waals surface area contributed by atoms with Crippen LogP contribution in [0.4, 0.5) is 0 Å². The summed E-state index contributed by atoms with van der Waals surface area (Å²) >= 11 is 0. The van der Waals surface area contributed by atoms with E-state index in [1.165, 1.54) is 0 Å². The summed E-state index contributed by atoms with van der Waals surface area (Å²) in [5.74, 6) is -0.0582. The van der Waals surface area contributed by atoms with E-state index >= 15 is 0 Å². The smallest absolute Gasteiger partial charge is 0.220 e. The average molecular weight is 343 g/mol. The lowest BCUT2D eigenvalue weighted by molar-refractivity contribution is -0.121. The van der Waals surface area contributed by atoms with Crippen molar-refractivity contribution in [3.05, 3.63) is 78.0 Å². The number of carbonyl (C=O) groups is 1. The summed E-state index contributed by atoms with van der Waals surface area (Å²) in [5, 5.41) is 11.7. The standard InChI is InChI=1S/C20H17N5O/c21-12-16-5-3-15(4-6-16)7-8-19(26)25-14-18-20(24-11-10-23-18)17-2-1-9-22-13-17/h1-6,9-11,13H,7-8,14H2,(H,25,26). The molecule has 0 saturated carbocycles. The Balaban J connectivity index is 1.57. The summed E-state index contributed by atoms with van der Waals surface area (Å²) in [6.45, 7) is 0.310. The van der Waals surface area contributed by atoms with Crippen LogP contribution in [-0.2, 0) is 17.8 Å². The molecule has 2 heterocycles. The Kier molecular flexibility index (Phi) is 5.63. The number of nitrogens with zero attached hydrogens (tertiary/aromatic N) is 4. The van der Waals surface area contributed by atoms with Gasteiger partial charge in [-0.25, -0.2) is 0 Å². The van der Waals surface area contributed by atoms with Crippen molar-refractivity contribution in [2.45, 2.75) is 19.4 Å². The molecule has 6 heteroatoms. The Morgan fingerprint density at radius 3 is 2.62 bits per heavy atom.